The third kappa shape index (κ3) is 3.13. The number of carboxylic acids is 1. The molecule has 0 fully saturated rings. The van der Waals surface area contributed by atoms with Crippen LogP contribution in [0.1, 0.15) is 28.7 Å². The summed E-state index contributed by atoms with van der Waals surface area (Å²) < 4.78 is 4.99. The van der Waals surface area contributed by atoms with Gasteiger partial charge in [0.05, 0.1) is 6.54 Å². The Bertz CT molecular complexity index is 560. The highest BCUT2D eigenvalue weighted by Crippen LogP contribution is 2.17. The average molecular weight is 260 g/mol. The van der Waals surface area contributed by atoms with E-state index in [0.717, 1.165) is 12.1 Å². The largest absolute Gasteiger partial charge is 0.476 e. The maximum atomic E-state index is 10.7. The van der Waals surface area contributed by atoms with Gasteiger partial charge in [0, 0.05) is 18.8 Å². The summed E-state index contributed by atoms with van der Waals surface area (Å²) in [6.07, 6.45) is 1.01. The van der Waals surface area contributed by atoms with Crippen molar-refractivity contribution in [3.8, 4) is 0 Å². The quantitative estimate of drug-likeness (QED) is 0.895. The van der Waals surface area contributed by atoms with Crippen molar-refractivity contribution >= 4 is 11.7 Å². The summed E-state index contributed by atoms with van der Waals surface area (Å²) in [6, 6.07) is 9.67. The number of aromatic carboxylic acids is 1. The molecule has 0 amide bonds. The molecule has 0 bridgehead atoms. The highest BCUT2D eigenvalue weighted by molar-refractivity contribution is 5.85. The zero-order valence-corrected chi connectivity index (χ0v) is 11.0. The van der Waals surface area contributed by atoms with Gasteiger partial charge in [-0.3, -0.25) is 0 Å². The first-order chi connectivity index (χ1) is 9.10. The maximum absolute atomic E-state index is 10.7. The first-order valence-electron chi connectivity index (χ1n) is 6.09. The lowest BCUT2D eigenvalue weighted by atomic mass is 10.1. The van der Waals surface area contributed by atoms with E-state index in [2.05, 4.69) is 24.2 Å². The molecule has 1 aromatic heterocycles. The van der Waals surface area contributed by atoms with Crippen LogP contribution in [0.3, 0.4) is 0 Å². The molecule has 0 saturated heterocycles. The summed E-state index contributed by atoms with van der Waals surface area (Å²) in [4.78, 5) is 12.7. The van der Waals surface area contributed by atoms with Gasteiger partial charge in [0.25, 0.3) is 0 Å². The van der Waals surface area contributed by atoms with E-state index < -0.39 is 5.97 Å². The first kappa shape index (κ1) is 13.1. The summed E-state index contributed by atoms with van der Waals surface area (Å²) in [5, 5.41) is 12.3. The molecule has 0 spiro atoms. The molecule has 0 saturated carbocycles. The fourth-order valence-electron chi connectivity index (χ4n) is 1.80. The van der Waals surface area contributed by atoms with Gasteiger partial charge in [0.15, 0.2) is 11.5 Å². The Hall–Kier alpha value is -2.30. The van der Waals surface area contributed by atoms with Crippen molar-refractivity contribution in [2.24, 2.45) is 0 Å². The van der Waals surface area contributed by atoms with E-state index in [1.165, 1.54) is 11.6 Å². The van der Waals surface area contributed by atoms with Crippen LogP contribution in [-0.4, -0.2) is 23.3 Å². The number of carboxylic acid groups (broad SMARTS) is 1. The predicted octanol–water partition coefficient (Wildman–Crippen LogP) is 2.57. The number of carbonyl (C=O) groups is 1. The van der Waals surface area contributed by atoms with Gasteiger partial charge < -0.3 is 14.5 Å². The number of benzene rings is 1. The van der Waals surface area contributed by atoms with Crippen molar-refractivity contribution in [3.63, 3.8) is 0 Å². The van der Waals surface area contributed by atoms with Gasteiger partial charge in [-0.25, -0.2) is 4.79 Å². The number of hydrogen-bond donors (Lipinski definition) is 1. The molecule has 1 aromatic carbocycles. The van der Waals surface area contributed by atoms with E-state index in [9.17, 15) is 4.79 Å². The summed E-state index contributed by atoms with van der Waals surface area (Å²) >= 11 is 0. The first-order valence-corrected chi connectivity index (χ1v) is 6.09. The van der Waals surface area contributed by atoms with Crippen LogP contribution in [0.4, 0.5) is 5.69 Å². The van der Waals surface area contributed by atoms with Gasteiger partial charge in [0.2, 0.25) is 0 Å². The molecule has 100 valence electrons. The molecule has 19 heavy (non-hydrogen) atoms. The Kier molecular flexibility index (Phi) is 3.85. The van der Waals surface area contributed by atoms with E-state index in [0.29, 0.717) is 12.3 Å². The Morgan fingerprint density at radius 1 is 1.37 bits per heavy atom. The fraction of sp³-hybridized carbons (Fsp3) is 0.286. The number of rotatable bonds is 5. The molecule has 2 aromatic rings. The number of anilines is 1. The van der Waals surface area contributed by atoms with Crippen molar-refractivity contribution in [1.29, 1.82) is 0 Å². The van der Waals surface area contributed by atoms with E-state index >= 15 is 0 Å². The smallest absolute Gasteiger partial charge is 0.358 e. The van der Waals surface area contributed by atoms with Crippen molar-refractivity contribution in [2.75, 3.05) is 11.9 Å². The summed E-state index contributed by atoms with van der Waals surface area (Å²) in [5.74, 6) is -0.551. The van der Waals surface area contributed by atoms with Gasteiger partial charge in [0.1, 0.15) is 0 Å². The van der Waals surface area contributed by atoms with Gasteiger partial charge in [-0.15, -0.1) is 0 Å². The molecular formula is C14H16N2O3. The third-order valence-corrected chi connectivity index (χ3v) is 2.96. The van der Waals surface area contributed by atoms with E-state index in [1.54, 1.807) is 0 Å². The monoisotopic (exact) mass is 260 g/mol. The highest BCUT2D eigenvalue weighted by atomic mass is 16.5. The van der Waals surface area contributed by atoms with Crippen LogP contribution < -0.4 is 4.90 Å². The SMILES string of the molecule is CCc1ccc(N(C)Cc2cc(C(=O)O)no2)cc1. The minimum Gasteiger partial charge on any atom is -0.476 e. The number of nitrogens with zero attached hydrogens (tertiary/aromatic N) is 2. The lowest BCUT2D eigenvalue weighted by Crippen LogP contribution is -2.15. The molecule has 2 rings (SSSR count). The average Bonchev–Trinajstić information content (AvgIpc) is 2.87. The van der Waals surface area contributed by atoms with E-state index in [4.69, 9.17) is 9.63 Å². The molecule has 0 aliphatic rings. The van der Waals surface area contributed by atoms with Gasteiger partial charge in [-0.05, 0) is 24.1 Å². The van der Waals surface area contributed by atoms with Crippen molar-refractivity contribution < 1.29 is 14.4 Å². The van der Waals surface area contributed by atoms with Crippen LogP contribution in [0.15, 0.2) is 34.9 Å². The minimum atomic E-state index is -1.08. The van der Waals surface area contributed by atoms with Crippen LogP contribution in [0.25, 0.3) is 0 Å². The number of aryl methyl sites for hydroxylation is 1. The molecule has 0 aliphatic carbocycles. The summed E-state index contributed by atoms with van der Waals surface area (Å²) in [6.45, 7) is 2.59. The van der Waals surface area contributed by atoms with Crippen LogP contribution >= 0.6 is 0 Å². The van der Waals surface area contributed by atoms with Crippen LogP contribution in [0.5, 0.6) is 0 Å². The molecule has 1 N–H and O–H groups in total. The lowest BCUT2D eigenvalue weighted by Gasteiger charge is -2.17. The lowest BCUT2D eigenvalue weighted by molar-refractivity contribution is 0.0685. The molecule has 0 aliphatic heterocycles. The van der Waals surface area contributed by atoms with E-state index in [-0.39, 0.29) is 5.69 Å². The fourth-order valence-corrected chi connectivity index (χ4v) is 1.80. The molecule has 5 heteroatoms. The second kappa shape index (κ2) is 5.56. The Balaban J connectivity index is 2.06. The standard InChI is InChI=1S/C14H16N2O3/c1-3-10-4-6-11(7-5-10)16(2)9-12-8-13(14(17)18)15-19-12/h4-8H,3,9H2,1-2H3,(H,17,18). The Morgan fingerprint density at radius 3 is 2.58 bits per heavy atom. The van der Waals surface area contributed by atoms with Crippen molar-refractivity contribution in [1.82, 2.24) is 5.16 Å². The molecule has 5 nitrogen and oxygen atoms in total. The minimum absolute atomic E-state index is 0.0651. The van der Waals surface area contributed by atoms with Crippen LogP contribution in [-0.2, 0) is 13.0 Å². The second-order valence-electron chi connectivity index (χ2n) is 4.36. The molecule has 1 heterocycles. The van der Waals surface area contributed by atoms with Crippen LogP contribution in [0, 0.1) is 0 Å². The Morgan fingerprint density at radius 2 is 2.05 bits per heavy atom. The number of aromatic nitrogens is 1. The summed E-state index contributed by atoms with van der Waals surface area (Å²) in [7, 11) is 1.92. The molecule has 0 radical (unpaired) electrons. The third-order valence-electron chi connectivity index (χ3n) is 2.96. The molecule has 0 unspecified atom stereocenters. The van der Waals surface area contributed by atoms with Gasteiger partial charge in [-0.1, -0.05) is 24.2 Å². The second-order valence-corrected chi connectivity index (χ2v) is 4.36. The van der Waals surface area contributed by atoms with Crippen molar-refractivity contribution in [3.05, 3.63) is 47.3 Å². The zero-order chi connectivity index (χ0) is 13.8. The van der Waals surface area contributed by atoms with Crippen LogP contribution in [0.2, 0.25) is 0 Å². The molecular weight excluding hydrogens is 244 g/mol. The maximum Gasteiger partial charge on any atom is 0.358 e. The van der Waals surface area contributed by atoms with Gasteiger partial charge in [-0.2, -0.15) is 0 Å². The zero-order valence-electron chi connectivity index (χ0n) is 11.0. The normalized spacial score (nSPS) is 10.4. The molecule has 0 atom stereocenters. The van der Waals surface area contributed by atoms with Crippen molar-refractivity contribution in [2.45, 2.75) is 19.9 Å². The predicted molar refractivity (Wildman–Crippen MR) is 71.4 cm³/mol. The van der Waals surface area contributed by atoms with E-state index in [1.807, 2.05) is 24.1 Å². The number of hydrogen-bond acceptors (Lipinski definition) is 4. The van der Waals surface area contributed by atoms with Gasteiger partial charge >= 0.3 is 5.97 Å². The highest BCUT2D eigenvalue weighted by Gasteiger charge is 2.12. The summed E-state index contributed by atoms with van der Waals surface area (Å²) in [5.41, 5.74) is 2.26. The topological polar surface area (TPSA) is 66.6 Å². The Labute approximate surface area is 111 Å².